The Kier molecular flexibility index (Phi) is 4.16. The average Bonchev–Trinajstić information content (AvgIpc) is 3.14. The maximum absolute atomic E-state index is 11.6. The van der Waals surface area contributed by atoms with Gasteiger partial charge in [-0.1, -0.05) is 6.07 Å². The van der Waals surface area contributed by atoms with Crippen molar-refractivity contribution < 1.29 is 19.3 Å². The standard InChI is InChI=1S/C24H27NO4/c1-24-8-5-9-25(24)13-19-15-7-6-14(27-2)10-16(15)17-11-20(28-3)21(29-4)12-18(17)22(19)23(24)26/h6-7,10-12,23,26H,5,8-9,13H2,1-4H3/t23-,24-/m1/s1. The molecule has 0 aliphatic carbocycles. The molecule has 2 aliphatic rings. The predicted octanol–water partition coefficient (Wildman–Crippen LogP) is 4.42. The van der Waals surface area contributed by atoms with E-state index >= 15 is 0 Å². The number of methoxy groups -OCH3 is 3. The number of benzene rings is 3. The molecule has 0 radical (unpaired) electrons. The molecule has 1 saturated heterocycles. The van der Waals surface area contributed by atoms with Gasteiger partial charge >= 0.3 is 0 Å². The van der Waals surface area contributed by atoms with E-state index in [1.807, 2.05) is 18.2 Å². The molecule has 5 nitrogen and oxygen atoms in total. The van der Waals surface area contributed by atoms with Crippen molar-refractivity contribution in [3.63, 3.8) is 0 Å². The van der Waals surface area contributed by atoms with E-state index in [-0.39, 0.29) is 5.54 Å². The van der Waals surface area contributed by atoms with Crippen LogP contribution in [0.25, 0.3) is 21.5 Å². The van der Waals surface area contributed by atoms with Crippen LogP contribution < -0.4 is 14.2 Å². The van der Waals surface area contributed by atoms with Crippen molar-refractivity contribution in [2.24, 2.45) is 0 Å². The highest BCUT2D eigenvalue weighted by molar-refractivity contribution is 6.12. The van der Waals surface area contributed by atoms with Gasteiger partial charge in [0.05, 0.1) is 27.4 Å². The molecule has 2 aliphatic heterocycles. The monoisotopic (exact) mass is 393 g/mol. The van der Waals surface area contributed by atoms with Crippen LogP contribution in [0.5, 0.6) is 17.2 Å². The van der Waals surface area contributed by atoms with Gasteiger partial charge in [0.2, 0.25) is 0 Å². The lowest BCUT2D eigenvalue weighted by Crippen LogP contribution is -2.49. The smallest absolute Gasteiger partial charge is 0.161 e. The fraction of sp³-hybridized carbons (Fsp3) is 0.417. The van der Waals surface area contributed by atoms with Gasteiger partial charge in [-0.05, 0) is 83.2 Å². The van der Waals surface area contributed by atoms with Crippen molar-refractivity contribution in [2.75, 3.05) is 27.9 Å². The Balaban J connectivity index is 1.93. The van der Waals surface area contributed by atoms with E-state index in [2.05, 4.69) is 24.0 Å². The van der Waals surface area contributed by atoms with Gasteiger partial charge in [-0.2, -0.15) is 0 Å². The summed E-state index contributed by atoms with van der Waals surface area (Å²) in [5.74, 6) is 2.18. The molecule has 152 valence electrons. The van der Waals surface area contributed by atoms with Gasteiger partial charge < -0.3 is 19.3 Å². The lowest BCUT2D eigenvalue weighted by Gasteiger charge is -2.45. The number of nitrogens with zero attached hydrogens (tertiary/aromatic N) is 1. The van der Waals surface area contributed by atoms with Gasteiger partial charge in [0.1, 0.15) is 5.75 Å². The predicted molar refractivity (Wildman–Crippen MR) is 114 cm³/mol. The average molecular weight is 393 g/mol. The highest BCUT2D eigenvalue weighted by atomic mass is 16.5. The zero-order valence-corrected chi connectivity index (χ0v) is 17.4. The number of hydrogen-bond donors (Lipinski definition) is 1. The number of ether oxygens (including phenoxy) is 3. The van der Waals surface area contributed by atoms with Gasteiger partial charge in [0.25, 0.3) is 0 Å². The van der Waals surface area contributed by atoms with E-state index in [1.165, 1.54) is 5.56 Å². The second-order valence-corrected chi connectivity index (χ2v) is 8.34. The fourth-order valence-electron chi connectivity index (χ4n) is 5.36. The molecule has 5 heteroatoms. The summed E-state index contributed by atoms with van der Waals surface area (Å²) in [5.41, 5.74) is 2.00. The van der Waals surface area contributed by atoms with E-state index in [0.717, 1.165) is 58.8 Å². The second-order valence-electron chi connectivity index (χ2n) is 8.34. The van der Waals surface area contributed by atoms with Crippen LogP contribution in [0.1, 0.15) is 37.0 Å². The zero-order valence-electron chi connectivity index (χ0n) is 17.4. The van der Waals surface area contributed by atoms with Crippen LogP contribution in [0.15, 0.2) is 30.3 Å². The van der Waals surface area contributed by atoms with Crippen LogP contribution in [0.4, 0.5) is 0 Å². The Morgan fingerprint density at radius 2 is 1.62 bits per heavy atom. The molecule has 0 bridgehead atoms. The Bertz CT molecular complexity index is 1130. The van der Waals surface area contributed by atoms with Gasteiger partial charge in [0, 0.05) is 12.1 Å². The first-order valence-corrected chi connectivity index (χ1v) is 10.1. The molecule has 2 heterocycles. The Labute approximate surface area is 170 Å². The number of aliphatic hydroxyl groups excluding tert-OH is 1. The van der Waals surface area contributed by atoms with Gasteiger partial charge in [0.15, 0.2) is 11.5 Å². The zero-order chi connectivity index (χ0) is 20.3. The Morgan fingerprint density at radius 3 is 2.31 bits per heavy atom. The maximum Gasteiger partial charge on any atom is 0.161 e. The van der Waals surface area contributed by atoms with Crippen LogP contribution in [-0.2, 0) is 6.54 Å². The van der Waals surface area contributed by atoms with E-state index in [9.17, 15) is 5.11 Å². The summed E-state index contributed by atoms with van der Waals surface area (Å²) >= 11 is 0. The summed E-state index contributed by atoms with van der Waals surface area (Å²) in [6.45, 7) is 4.06. The normalized spacial score (nSPS) is 23.8. The lowest BCUT2D eigenvalue weighted by atomic mass is 9.77. The number of fused-ring (bicyclic) bond motifs is 7. The molecule has 0 amide bonds. The second kappa shape index (κ2) is 6.51. The topological polar surface area (TPSA) is 51.2 Å². The third-order valence-corrected chi connectivity index (χ3v) is 7.03. The SMILES string of the molecule is COc1ccc2c3c(c4cc(OC)c(OC)cc4c2c1)[C@@H](O)[C@@]1(C)CCCN1C3. The number of aliphatic hydroxyl groups is 1. The Morgan fingerprint density at radius 1 is 0.931 bits per heavy atom. The molecule has 5 rings (SSSR count). The lowest BCUT2D eigenvalue weighted by molar-refractivity contribution is -0.0142. The Hall–Kier alpha value is -2.50. The third-order valence-electron chi connectivity index (χ3n) is 7.03. The van der Waals surface area contributed by atoms with Gasteiger partial charge in [-0.15, -0.1) is 0 Å². The molecule has 0 spiro atoms. The van der Waals surface area contributed by atoms with Crippen LogP contribution in [0.2, 0.25) is 0 Å². The van der Waals surface area contributed by atoms with Gasteiger partial charge in [-0.25, -0.2) is 0 Å². The molecule has 0 unspecified atom stereocenters. The molecule has 29 heavy (non-hydrogen) atoms. The van der Waals surface area contributed by atoms with Crippen molar-refractivity contribution in [3.8, 4) is 17.2 Å². The van der Waals surface area contributed by atoms with E-state index in [1.54, 1.807) is 21.3 Å². The van der Waals surface area contributed by atoms with Crippen molar-refractivity contribution in [1.82, 2.24) is 4.90 Å². The number of rotatable bonds is 3. The van der Waals surface area contributed by atoms with Crippen molar-refractivity contribution in [3.05, 3.63) is 41.5 Å². The quantitative estimate of drug-likeness (QED) is 0.668. The summed E-state index contributed by atoms with van der Waals surface area (Å²) in [6.07, 6.45) is 1.56. The van der Waals surface area contributed by atoms with Crippen LogP contribution in [0.3, 0.4) is 0 Å². The fourth-order valence-corrected chi connectivity index (χ4v) is 5.36. The first kappa shape index (κ1) is 18.5. The van der Waals surface area contributed by atoms with Crippen LogP contribution >= 0.6 is 0 Å². The van der Waals surface area contributed by atoms with Crippen molar-refractivity contribution in [2.45, 2.75) is 38.0 Å². The highest BCUT2D eigenvalue weighted by Gasteiger charge is 2.48. The summed E-state index contributed by atoms with van der Waals surface area (Å²) in [7, 11) is 4.98. The van der Waals surface area contributed by atoms with E-state index in [0.29, 0.717) is 11.5 Å². The van der Waals surface area contributed by atoms with Crippen molar-refractivity contribution >= 4 is 21.5 Å². The van der Waals surface area contributed by atoms with E-state index in [4.69, 9.17) is 14.2 Å². The molecule has 2 atom stereocenters. The first-order chi connectivity index (χ1) is 14.0. The number of hydrogen-bond acceptors (Lipinski definition) is 5. The molecule has 1 fully saturated rings. The van der Waals surface area contributed by atoms with Crippen LogP contribution in [-0.4, -0.2) is 43.4 Å². The van der Waals surface area contributed by atoms with E-state index < -0.39 is 6.10 Å². The molecule has 3 aromatic rings. The molecule has 0 saturated carbocycles. The summed E-state index contributed by atoms with van der Waals surface area (Å²) in [5, 5.41) is 15.9. The summed E-state index contributed by atoms with van der Waals surface area (Å²) in [6, 6.07) is 10.2. The summed E-state index contributed by atoms with van der Waals surface area (Å²) in [4.78, 5) is 2.44. The summed E-state index contributed by atoms with van der Waals surface area (Å²) < 4.78 is 16.7. The highest BCUT2D eigenvalue weighted by Crippen LogP contribution is 2.51. The minimum atomic E-state index is -0.555. The molecule has 1 N–H and O–H groups in total. The minimum Gasteiger partial charge on any atom is -0.497 e. The molecule has 0 aromatic heterocycles. The molecule has 3 aromatic carbocycles. The van der Waals surface area contributed by atoms with Crippen molar-refractivity contribution in [1.29, 1.82) is 0 Å². The molecular weight excluding hydrogens is 366 g/mol. The third kappa shape index (κ3) is 2.47. The first-order valence-electron chi connectivity index (χ1n) is 10.1. The maximum atomic E-state index is 11.6. The molecular formula is C24H27NO4. The minimum absolute atomic E-state index is 0.229. The van der Waals surface area contributed by atoms with Crippen LogP contribution in [0, 0.1) is 0 Å². The van der Waals surface area contributed by atoms with Gasteiger partial charge in [-0.3, -0.25) is 4.90 Å². The largest absolute Gasteiger partial charge is 0.497 e.